The van der Waals surface area contributed by atoms with Crippen LogP contribution in [0.5, 0.6) is 11.5 Å². The Morgan fingerprint density at radius 2 is 1.86 bits per heavy atom. The maximum absolute atomic E-state index is 13.6. The molecule has 2 atom stereocenters. The highest BCUT2D eigenvalue weighted by Crippen LogP contribution is 2.39. The van der Waals surface area contributed by atoms with E-state index in [1.807, 2.05) is 61.5 Å². The standard InChI is InChI=1S/C27H22N4O4S/c1-2-22(25(32)28-17-12-13-20-21(14-17)35-15-34-20)36-27-29-19-11-7-6-10-18(19)24-30-23(26(33)31(24)27)16-8-4-3-5-9-16/h3-14,22-23H,2,15H2,1H3,(H,28,32)/t22-,23-/m0/s1. The molecule has 0 aliphatic carbocycles. The Hall–Kier alpha value is -4.11. The number of amides is 2. The molecular weight excluding hydrogens is 476 g/mol. The Morgan fingerprint density at radius 3 is 2.69 bits per heavy atom. The Morgan fingerprint density at radius 1 is 1.08 bits per heavy atom. The minimum Gasteiger partial charge on any atom is -0.454 e. The van der Waals surface area contributed by atoms with Gasteiger partial charge in [0.15, 0.2) is 22.7 Å². The molecule has 1 N–H and O–H groups in total. The lowest BCUT2D eigenvalue weighted by Crippen LogP contribution is -2.41. The Kier molecular flexibility index (Phi) is 5.69. The van der Waals surface area contributed by atoms with Crippen molar-refractivity contribution in [3.05, 3.63) is 83.9 Å². The second kappa shape index (κ2) is 9.16. The van der Waals surface area contributed by atoms with Gasteiger partial charge in [-0.1, -0.05) is 61.2 Å². The summed E-state index contributed by atoms with van der Waals surface area (Å²) < 4.78 is 10.8. The van der Waals surface area contributed by atoms with Gasteiger partial charge in [-0.3, -0.25) is 9.59 Å². The molecule has 0 bridgehead atoms. The average molecular weight is 499 g/mol. The summed E-state index contributed by atoms with van der Waals surface area (Å²) in [6, 6.07) is 21.7. The maximum atomic E-state index is 13.6. The Labute approximate surface area is 212 Å². The number of amidine groups is 2. The summed E-state index contributed by atoms with van der Waals surface area (Å²) in [6.07, 6.45) is 0.540. The van der Waals surface area contributed by atoms with E-state index in [1.54, 1.807) is 23.1 Å². The van der Waals surface area contributed by atoms with Crippen LogP contribution in [0.15, 0.2) is 82.8 Å². The van der Waals surface area contributed by atoms with Gasteiger partial charge in [-0.25, -0.2) is 14.9 Å². The van der Waals surface area contributed by atoms with Crippen LogP contribution in [0.3, 0.4) is 0 Å². The summed E-state index contributed by atoms with van der Waals surface area (Å²) in [4.78, 5) is 38.0. The normalized spacial score (nSPS) is 18.2. The summed E-state index contributed by atoms with van der Waals surface area (Å²) in [7, 11) is 0. The van der Waals surface area contributed by atoms with Crippen LogP contribution >= 0.6 is 11.8 Å². The third-order valence-electron chi connectivity index (χ3n) is 6.14. The van der Waals surface area contributed by atoms with Crippen LogP contribution in [0.2, 0.25) is 0 Å². The molecule has 3 aromatic rings. The van der Waals surface area contributed by atoms with E-state index >= 15 is 0 Å². The molecule has 0 saturated heterocycles. The first kappa shape index (κ1) is 22.4. The number of nitrogens with zero attached hydrogens (tertiary/aromatic N) is 3. The minimum atomic E-state index is -0.652. The third-order valence-corrected chi connectivity index (χ3v) is 7.45. The summed E-state index contributed by atoms with van der Waals surface area (Å²) in [5.74, 6) is 1.44. The second-order valence-electron chi connectivity index (χ2n) is 8.42. The van der Waals surface area contributed by atoms with Gasteiger partial charge in [-0.15, -0.1) is 0 Å². The van der Waals surface area contributed by atoms with Gasteiger partial charge in [-0.2, -0.15) is 0 Å². The molecule has 180 valence electrons. The van der Waals surface area contributed by atoms with Crippen molar-refractivity contribution in [3.63, 3.8) is 0 Å². The molecule has 0 fully saturated rings. The highest BCUT2D eigenvalue weighted by molar-refractivity contribution is 8.15. The number of hydrogen-bond acceptors (Lipinski definition) is 7. The molecule has 6 rings (SSSR count). The lowest BCUT2D eigenvalue weighted by atomic mass is 10.1. The molecule has 8 nitrogen and oxygen atoms in total. The van der Waals surface area contributed by atoms with E-state index < -0.39 is 11.3 Å². The van der Waals surface area contributed by atoms with Gasteiger partial charge in [-0.05, 0) is 36.2 Å². The fourth-order valence-electron chi connectivity index (χ4n) is 4.33. The fourth-order valence-corrected chi connectivity index (χ4v) is 5.35. The van der Waals surface area contributed by atoms with E-state index in [2.05, 4.69) is 5.32 Å². The number of ether oxygens (including phenoxy) is 2. The molecule has 0 unspecified atom stereocenters. The minimum absolute atomic E-state index is 0.166. The highest BCUT2D eigenvalue weighted by Gasteiger charge is 2.43. The summed E-state index contributed by atoms with van der Waals surface area (Å²) in [5, 5.41) is 2.92. The molecule has 0 radical (unpaired) electrons. The predicted octanol–water partition coefficient (Wildman–Crippen LogP) is 4.90. The van der Waals surface area contributed by atoms with E-state index in [0.717, 1.165) is 16.8 Å². The number of fused-ring (bicyclic) bond motifs is 4. The van der Waals surface area contributed by atoms with Crippen molar-refractivity contribution in [1.29, 1.82) is 0 Å². The summed E-state index contributed by atoms with van der Waals surface area (Å²) in [6.45, 7) is 2.10. The van der Waals surface area contributed by atoms with Gasteiger partial charge in [0.25, 0.3) is 5.91 Å². The van der Waals surface area contributed by atoms with Gasteiger partial charge in [0, 0.05) is 17.3 Å². The molecule has 3 heterocycles. The van der Waals surface area contributed by atoms with Crippen molar-refractivity contribution in [2.45, 2.75) is 24.6 Å². The number of para-hydroxylation sites is 1. The zero-order valence-corrected chi connectivity index (χ0v) is 20.2. The third kappa shape index (κ3) is 3.91. The summed E-state index contributed by atoms with van der Waals surface area (Å²) in [5.41, 5.74) is 2.95. The van der Waals surface area contributed by atoms with E-state index in [4.69, 9.17) is 19.5 Å². The monoisotopic (exact) mass is 498 g/mol. The molecule has 3 aliphatic rings. The van der Waals surface area contributed by atoms with E-state index in [1.165, 1.54) is 11.8 Å². The topological polar surface area (TPSA) is 92.6 Å². The number of benzene rings is 3. The van der Waals surface area contributed by atoms with Crippen molar-refractivity contribution >= 4 is 46.0 Å². The number of nitrogens with one attached hydrogen (secondary N) is 1. The molecule has 2 amide bonds. The van der Waals surface area contributed by atoms with Crippen LogP contribution in [0.4, 0.5) is 11.4 Å². The molecule has 9 heteroatoms. The molecule has 0 saturated carbocycles. The number of aliphatic imine (C=N–C) groups is 2. The van der Waals surface area contributed by atoms with Gasteiger partial charge in [0.2, 0.25) is 12.7 Å². The molecule has 0 spiro atoms. The van der Waals surface area contributed by atoms with E-state index in [9.17, 15) is 9.59 Å². The smallest absolute Gasteiger partial charge is 0.263 e. The molecule has 3 aromatic carbocycles. The van der Waals surface area contributed by atoms with Crippen molar-refractivity contribution in [2.75, 3.05) is 12.1 Å². The first-order valence-corrected chi connectivity index (χ1v) is 12.5. The van der Waals surface area contributed by atoms with Crippen molar-refractivity contribution < 1.29 is 19.1 Å². The predicted molar refractivity (Wildman–Crippen MR) is 139 cm³/mol. The van der Waals surface area contributed by atoms with Gasteiger partial charge in [0.05, 0.1) is 10.9 Å². The number of carbonyl (C=O) groups is 2. The molecule has 36 heavy (non-hydrogen) atoms. The van der Waals surface area contributed by atoms with E-state index in [0.29, 0.717) is 34.6 Å². The van der Waals surface area contributed by atoms with Crippen LogP contribution in [0.1, 0.15) is 30.5 Å². The first-order valence-electron chi connectivity index (χ1n) is 11.6. The van der Waals surface area contributed by atoms with Crippen LogP contribution in [-0.2, 0) is 9.59 Å². The van der Waals surface area contributed by atoms with Crippen LogP contribution in [0, 0.1) is 0 Å². The van der Waals surface area contributed by atoms with Crippen molar-refractivity contribution in [3.8, 4) is 11.5 Å². The van der Waals surface area contributed by atoms with Crippen LogP contribution in [-0.4, -0.2) is 39.8 Å². The highest BCUT2D eigenvalue weighted by atomic mass is 32.2. The number of anilines is 1. The van der Waals surface area contributed by atoms with Crippen molar-refractivity contribution in [1.82, 2.24) is 4.90 Å². The largest absolute Gasteiger partial charge is 0.454 e. The second-order valence-corrected chi connectivity index (χ2v) is 9.59. The van der Waals surface area contributed by atoms with Crippen molar-refractivity contribution in [2.24, 2.45) is 9.98 Å². The molecular formula is C27H22N4O4S. The average Bonchev–Trinajstić information content (AvgIpc) is 3.52. The lowest BCUT2D eigenvalue weighted by molar-refractivity contribution is -0.124. The maximum Gasteiger partial charge on any atom is 0.263 e. The molecule has 0 aromatic heterocycles. The number of carbonyl (C=O) groups excluding carboxylic acids is 2. The quantitative estimate of drug-likeness (QED) is 0.540. The van der Waals surface area contributed by atoms with Gasteiger partial charge in [0.1, 0.15) is 5.84 Å². The van der Waals surface area contributed by atoms with Gasteiger partial charge >= 0.3 is 0 Å². The van der Waals surface area contributed by atoms with Crippen LogP contribution in [0.25, 0.3) is 0 Å². The first-order chi connectivity index (χ1) is 17.6. The number of rotatable bonds is 5. The van der Waals surface area contributed by atoms with Gasteiger partial charge < -0.3 is 14.8 Å². The zero-order valence-electron chi connectivity index (χ0n) is 19.4. The SMILES string of the molecule is CC[C@H](SC1=Nc2ccccc2C2=N[C@@H](c3ccccc3)C(=O)N12)C(=O)Nc1ccc2c(c1)OCO2. The summed E-state index contributed by atoms with van der Waals surface area (Å²) >= 11 is 1.27. The zero-order chi connectivity index (χ0) is 24.6. The Bertz CT molecular complexity index is 1420. The number of thioether (sulfide) groups is 1. The Balaban J connectivity index is 1.29. The molecule has 3 aliphatic heterocycles. The fraction of sp³-hybridized carbons (Fsp3) is 0.185. The van der Waals surface area contributed by atoms with E-state index in [-0.39, 0.29) is 18.6 Å². The van der Waals surface area contributed by atoms with Crippen LogP contribution < -0.4 is 14.8 Å². The number of hydrogen-bond donors (Lipinski definition) is 1. The lowest BCUT2D eigenvalue weighted by Gasteiger charge is -2.27.